The zero-order valence-electron chi connectivity index (χ0n) is 8.34. The quantitative estimate of drug-likeness (QED) is 0.676. The van der Waals surface area contributed by atoms with Gasteiger partial charge in [-0.3, -0.25) is 4.79 Å². The second-order valence-corrected chi connectivity index (χ2v) is 4.13. The lowest BCUT2D eigenvalue weighted by Gasteiger charge is -1.97. The topological polar surface area (TPSA) is 76.5 Å². The molecule has 0 saturated carbocycles. The largest absolute Gasteiger partial charge is 0.310 e. The lowest BCUT2D eigenvalue weighted by molar-refractivity contribution is 0.878. The first kappa shape index (κ1) is 9.22. The molecule has 0 aromatic carbocycles. The number of hydrogen-bond acceptors (Lipinski definition) is 5. The van der Waals surface area contributed by atoms with Crippen molar-refractivity contribution >= 4 is 22.4 Å². The van der Waals surface area contributed by atoms with Crippen molar-refractivity contribution in [2.24, 2.45) is 0 Å². The molecular weight excluding hydrogens is 226 g/mol. The minimum atomic E-state index is -0.176. The van der Waals surface area contributed by atoms with Crippen molar-refractivity contribution in [2.75, 3.05) is 0 Å². The fourth-order valence-electron chi connectivity index (χ4n) is 1.49. The van der Waals surface area contributed by atoms with E-state index < -0.39 is 0 Å². The Morgan fingerprint density at radius 2 is 2.38 bits per heavy atom. The highest BCUT2D eigenvalue weighted by Crippen LogP contribution is 2.15. The molecule has 0 aliphatic rings. The number of nitrogens with zero attached hydrogens (tertiary/aromatic N) is 4. The van der Waals surface area contributed by atoms with E-state index in [1.807, 2.05) is 5.38 Å². The average Bonchev–Trinajstić information content (AvgIpc) is 2.83. The van der Waals surface area contributed by atoms with Crippen molar-refractivity contribution in [3.63, 3.8) is 0 Å². The van der Waals surface area contributed by atoms with E-state index in [0.29, 0.717) is 22.0 Å². The molecule has 80 valence electrons. The van der Waals surface area contributed by atoms with Gasteiger partial charge in [0.25, 0.3) is 5.56 Å². The minimum absolute atomic E-state index is 0.176. The normalized spacial score (nSPS) is 11.1. The summed E-state index contributed by atoms with van der Waals surface area (Å²) in [5.74, 6) is 0.566. The van der Waals surface area contributed by atoms with E-state index in [1.165, 1.54) is 17.5 Å². The van der Waals surface area contributed by atoms with Gasteiger partial charge in [0, 0.05) is 11.6 Å². The van der Waals surface area contributed by atoms with Gasteiger partial charge in [0.15, 0.2) is 5.65 Å². The summed E-state index contributed by atoms with van der Waals surface area (Å²) in [6.07, 6.45) is 3.19. The molecule has 0 bridgehead atoms. The number of aryl methyl sites for hydroxylation is 1. The van der Waals surface area contributed by atoms with Crippen molar-refractivity contribution < 1.29 is 0 Å². The molecule has 0 aliphatic heterocycles. The molecule has 1 N–H and O–H groups in total. The standard InChI is InChI=1S/C9H7N5OS/c1-5-12-7-6(8(15)13-5)4-11-14(7)9-10-2-3-16-9/h2-4H,1H3,(H,12,13,15). The molecule has 3 heterocycles. The van der Waals surface area contributed by atoms with Gasteiger partial charge in [-0.05, 0) is 6.92 Å². The molecule has 0 fully saturated rings. The van der Waals surface area contributed by atoms with Crippen molar-refractivity contribution in [3.05, 3.63) is 34.0 Å². The van der Waals surface area contributed by atoms with E-state index in [0.717, 1.165) is 0 Å². The highest BCUT2D eigenvalue weighted by molar-refractivity contribution is 7.12. The van der Waals surface area contributed by atoms with Crippen molar-refractivity contribution in [3.8, 4) is 5.13 Å². The van der Waals surface area contributed by atoms with Crippen molar-refractivity contribution in [2.45, 2.75) is 6.92 Å². The van der Waals surface area contributed by atoms with Crippen LogP contribution in [0.4, 0.5) is 0 Å². The van der Waals surface area contributed by atoms with Gasteiger partial charge in [-0.25, -0.2) is 9.97 Å². The Hall–Kier alpha value is -2.02. The van der Waals surface area contributed by atoms with Crippen LogP contribution in [0.3, 0.4) is 0 Å². The third kappa shape index (κ3) is 1.25. The Bertz CT molecular complexity index is 696. The summed E-state index contributed by atoms with van der Waals surface area (Å²) in [5, 5.41) is 7.15. The predicted octanol–water partition coefficient (Wildman–Crippen LogP) is 0.874. The molecule has 6 nitrogen and oxygen atoms in total. The second kappa shape index (κ2) is 3.24. The lowest BCUT2D eigenvalue weighted by atomic mass is 10.4. The minimum Gasteiger partial charge on any atom is -0.310 e. The number of aromatic nitrogens is 5. The van der Waals surface area contributed by atoms with Gasteiger partial charge >= 0.3 is 0 Å². The maximum Gasteiger partial charge on any atom is 0.262 e. The molecule has 3 aromatic rings. The monoisotopic (exact) mass is 233 g/mol. The van der Waals surface area contributed by atoms with Crippen LogP contribution in [0.15, 0.2) is 22.6 Å². The Morgan fingerprint density at radius 1 is 1.50 bits per heavy atom. The first-order valence-electron chi connectivity index (χ1n) is 4.60. The van der Waals surface area contributed by atoms with Crippen LogP contribution in [0, 0.1) is 6.92 Å². The lowest BCUT2D eigenvalue weighted by Crippen LogP contribution is -2.09. The summed E-state index contributed by atoms with van der Waals surface area (Å²) in [7, 11) is 0. The van der Waals surface area contributed by atoms with Gasteiger partial charge < -0.3 is 4.98 Å². The average molecular weight is 233 g/mol. The maximum atomic E-state index is 11.6. The molecular formula is C9H7N5OS. The van der Waals surface area contributed by atoms with Crippen LogP contribution < -0.4 is 5.56 Å². The summed E-state index contributed by atoms with van der Waals surface area (Å²) in [5.41, 5.74) is 0.363. The van der Waals surface area contributed by atoms with Gasteiger partial charge in [0.1, 0.15) is 11.2 Å². The van der Waals surface area contributed by atoms with Gasteiger partial charge in [0.05, 0.1) is 6.20 Å². The molecule has 3 rings (SSSR count). The third-order valence-electron chi connectivity index (χ3n) is 2.16. The van der Waals surface area contributed by atoms with E-state index in [9.17, 15) is 4.79 Å². The van der Waals surface area contributed by atoms with Crippen LogP contribution in [-0.2, 0) is 0 Å². The molecule has 7 heteroatoms. The van der Waals surface area contributed by atoms with Gasteiger partial charge in [-0.15, -0.1) is 11.3 Å². The predicted molar refractivity (Wildman–Crippen MR) is 59.9 cm³/mol. The van der Waals surface area contributed by atoms with E-state index in [-0.39, 0.29) is 5.56 Å². The number of nitrogens with one attached hydrogen (secondary N) is 1. The molecule has 0 saturated heterocycles. The number of aromatic amines is 1. The van der Waals surface area contributed by atoms with Crippen LogP contribution in [0.25, 0.3) is 16.2 Å². The Balaban J connectivity index is 2.40. The highest BCUT2D eigenvalue weighted by Gasteiger charge is 2.11. The highest BCUT2D eigenvalue weighted by atomic mass is 32.1. The molecule has 16 heavy (non-hydrogen) atoms. The summed E-state index contributed by atoms with van der Waals surface area (Å²) < 4.78 is 1.57. The Morgan fingerprint density at radius 3 is 3.12 bits per heavy atom. The molecule has 0 spiro atoms. The van der Waals surface area contributed by atoms with E-state index in [1.54, 1.807) is 17.8 Å². The number of hydrogen-bond donors (Lipinski definition) is 1. The second-order valence-electron chi connectivity index (χ2n) is 3.26. The molecule has 0 unspecified atom stereocenters. The van der Waals surface area contributed by atoms with Crippen LogP contribution >= 0.6 is 11.3 Å². The van der Waals surface area contributed by atoms with Crippen LogP contribution in [0.1, 0.15) is 5.82 Å². The fourth-order valence-corrected chi connectivity index (χ4v) is 2.09. The first-order valence-corrected chi connectivity index (χ1v) is 5.48. The van der Waals surface area contributed by atoms with Crippen LogP contribution in [0.2, 0.25) is 0 Å². The fraction of sp³-hybridized carbons (Fsp3) is 0.111. The summed E-state index contributed by atoms with van der Waals surface area (Å²) in [6, 6.07) is 0. The summed E-state index contributed by atoms with van der Waals surface area (Å²) in [6.45, 7) is 1.74. The molecule has 0 amide bonds. The van der Waals surface area contributed by atoms with Gasteiger partial charge in [-0.2, -0.15) is 9.78 Å². The Kier molecular flexibility index (Phi) is 1.87. The number of H-pyrrole nitrogens is 1. The maximum absolute atomic E-state index is 11.6. The zero-order chi connectivity index (χ0) is 11.1. The van der Waals surface area contributed by atoms with E-state index >= 15 is 0 Å². The van der Waals surface area contributed by atoms with E-state index in [2.05, 4.69) is 20.1 Å². The smallest absolute Gasteiger partial charge is 0.262 e. The molecule has 0 radical (unpaired) electrons. The Labute approximate surface area is 93.6 Å². The van der Waals surface area contributed by atoms with Gasteiger partial charge in [-0.1, -0.05) is 0 Å². The number of fused-ring (bicyclic) bond motifs is 1. The number of thiazole rings is 1. The summed E-state index contributed by atoms with van der Waals surface area (Å²) >= 11 is 1.44. The van der Waals surface area contributed by atoms with Gasteiger partial charge in [0.2, 0.25) is 5.13 Å². The number of rotatable bonds is 1. The van der Waals surface area contributed by atoms with E-state index in [4.69, 9.17) is 0 Å². The zero-order valence-corrected chi connectivity index (χ0v) is 9.15. The SMILES string of the molecule is Cc1nc2c(cnn2-c2nccs2)c(=O)[nH]1. The first-order chi connectivity index (χ1) is 7.75. The molecule has 0 aliphatic carbocycles. The van der Waals surface area contributed by atoms with Crippen molar-refractivity contribution in [1.29, 1.82) is 0 Å². The van der Waals surface area contributed by atoms with Crippen LogP contribution in [0.5, 0.6) is 0 Å². The van der Waals surface area contributed by atoms with Crippen LogP contribution in [-0.4, -0.2) is 24.7 Å². The molecule has 3 aromatic heterocycles. The third-order valence-corrected chi connectivity index (χ3v) is 2.90. The summed E-state index contributed by atoms with van der Waals surface area (Å²) in [4.78, 5) is 22.7. The molecule has 0 atom stereocenters. The van der Waals surface area contributed by atoms with Crippen molar-refractivity contribution in [1.82, 2.24) is 24.7 Å².